The lowest BCUT2D eigenvalue weighted by Gasteiger charge is -2.17. The van der Waals surface area contributed by atoms with Crippen LogP contribution in [0.5, 0.6) is 0 Å². The van der Waals surface area contributed by atoms with E-state index in [1.165, 1.54) is 6.33 Å². The molecule has 2 rings (SSSR count). The van der Waals surface area contributed by atoms with E-state index in [-0.39, 0.29) is 0 Å². The highest BCUT2D eigenvalue weighted by Gasteiger charge is 2.15. The van der Waals surface area contributed by atoms with Crippen LogP contribution in [0.15, 0.2) is 30.6 Å². The fourth-order valence-corrected chi connectivity index (χ4v) is 1.90. The van der Waals surface area contributed by atoms with Crippen molar-refractivity contribution in [3.05, 3.63) is 36.2 Å². The molecule has 23 heavy (non-hydrogen) atoms. The summed E-state index contributed by atoms with van der Waals surface area (Å²) in [6.07, 6.45) is 1.39. The number of aromatic nitrogens is 2. The Kier molecular flexibility index (Phi) is 5.32. The SMILES string of the molecule is CCOC(=O)c1ccccc1Nc1ncnc(NN(C)C)c1N. The lowest BCUT2D eigenvalue weighted by Crippen LogP contribution is -2.21. The van der Waals surface area contributed by atoms with Crippen LogP contribution in [0.1, 0.15) is 17.3 Å². The van der Waals surface area contributed by atoms with Crippen molar-refractivity contribution in [2.45, 2.75) is 6.92 Å². The number of nitrogens with two attached hydrogens (primary N) is 1. The number of hydrazine groups is 1. The Bertz CT molecular complexity index is 689. The Balaban J connectivity index is 2.31. The summed E-state index contributed by atoms with van der Waals surface area (Å²) in [6.45, 7) is 2.06. The van der Waals surface area contributed by atoms with E-state index >= 15 is 0 Å². The van der Waals surface area contributed by atoms with E-state index in [0.717, 1.165) is 0 Å². The van der Waals surface area contributed by atoms with Gasteiger partial charge in [0.25, 0.3) is 0 Å². The second-order valence-electron chi connectivity index (χ2n) is 4.88. The number of rotatable bonds is 6. The zero-order chi connectivity index (χ0) is 16.8. The van der Waals surface area contributed by atoms with Gasteiger partial charge in [-0.1, -0.05) is 12.1 Å². The average Bonchev–Trinajstić information content (AvgIpc) is 2.51. The van der Waals surface area contributed by atoms with Crippen LogP contribution in [-0.4, -0.2) is 41.6 Å². The molecular formula is C15H20N6O2. The number of nitrogen functional groups attached to an aromatic ring is 1. The molecule has 8 nitrogen and oxygen atoms in total. The van der Waals surface area contributed by atoms with Crippen molar-refractivity contribution in [2.24, 2.45) is 0 Å². The van der Waals surface area contributed by atoms with Crippen molar-refractivity contribution in [3.8, 4) is 0 Å². The minimum absolute atomic E-state index is 0.305. The van der Waals surface area contributed by atoms with Crippen LogP contribution < -0.4 is 16.5 Å². The van der Waals surface area contributed by atoms with Crippen molar-refractivity contribution >= 4 is 29.0 Å². The number of carbonyl (C=O) groups is 1. The largest absolute Gasteiger partial charge is 0.462 e. The van der Waals surface area contributed by atoms with Crippen LogP contribution in [0.4, 0.5) is 23.0 Å². The molecule has 0 amide bonds. The van der Waals surface area contributed by atoms with E-state index < -0.39 is 5.97 Å². The number of ether oxygens (including phenoxy) is 1. The summed E-state index contributed by atoms with van der Waals surface area (Å²) in [5.74, 6) is 0.470. The topological polar surface area (TPSA) is 105 Å². The Labute approximate surface area is 134 Å². The summed E-state index contributed by atoms with van der Waals surface area (Å²) in [5.41, 5.74) is 10.4. The third-order valence-electron chi connectivity index (χ3n) is 2.89. The van der Waals surface area contributed by atoms with Gasteiger partial charge in [-0.25, -0.2) is 19.8 Å². The van der Waals surface area contributed by atoms with Crippen LogP contribution in [0.3, 0.4) is 0 Å². The summed E-state index contributed by atoms with van der Waals surface area (Å²) in [5, 5.41) is 4.78. The van der Waals surface area contributed by atoms with E-state index in [0.29, 0.717) is 35.2 Å². The maximum atomic E-state index is 12.0. The van der Waals surface area contributed by atoms with E-state index in [4.69, 9.17) is 10.5 Å². The highest BCUT2D eigenvalue weighted by molar-refractivity contribution is 5.97. The minimum Gasteiger partial charge on any atom is -0.462 e. The third-order valence-corrected chi connectivity index (χ3v) is 2.89. The van der Waals surface area contributed by atoms with E-state index in [1.807, 2.05) is 14.1 Å². The van der Waals surface area contributed by atoms with Crippen LogP contribution in [0.2, 0.25) is 0 Å². The average molecular weight is 316 g/mol. The zero-order valence-corrected chi connectivity index (χ0v) is 13.3. The highest BCUT2D eigenvalue weighted by atomic mass is 16.5. The molecule has 0 saturated heterocycles. The molecule has 0 saturated carbocycles. The summed E-state index contributed by atoms with van der Waals surface area (Å²) in [4.78, 5) is 20.2. The molecule has 0 spiro atoms. The Morgan fingerprint density at radius 2 is 1.96 bits per heavy atom. The monoisotopic (exact) mass is 316 g/mol. The van der Waals surface area contributed by atoms with E-state index in [9.17, 15) is 4.79 Å². The van der Waals surface area contributed by atoms with Gasteiger partial charge in [0.1, 0.15) is 12.0 Å². The number of anilines is 4. The first kappa shape index (κ1) is 16.5. The van der Waals surface area contributed by atoms with Crippen molar-refractivity contribution < 1.29 is 9.53 Å². The number of hydrogen-bond donors (Lipinski definition) is 3. The Morgan fingerprint density at radius 3 is 2.65 bits per heavy atom. The smallest absolute Gasteiger partial charge is 0.340 e. The quantitative estimate of drug-likeness (QED) is 0.548. The van der Waals surface area contributed by atoms with Gasteiger partial charge in [0.2, 0.25) is 0 Å². The van der Waals surface area contributed by atoms with Gasteiger partial charge in [0.15, 0.2) is 11.6 Å². The molecule has 0 fully saturated rings. The molecule has 0 aliphatic rings. The maximum Gasteiger partial charge on any atom is 0.340 e. The first-order valence-electron chi connectivity index (χ1n) is 7.10. The Morgan fingerprint density at radius 1 is 1.26 bits per heavy atom. The predicted octanol–water partition coefficient (Wildman–Crippen LogP) is 1.87. The molecule has 4 N–H and O–H groups in total. The van der Waals surface area contributed by atoms with Gasteiger partial charge in [-0.15, -0.1) is 0 Å². The van der Waals surface area contributed by atoms with Crippen molar-refractivity contribution in [2.75, 3.05) is 37.2 Å². The van der Waals surface area contributed by atoms with Gasteiger partial charge in [-0.05, 0) is 19.1 Å². The van der Waals surface area contributed by atoms with Crippen molar-refractivity contribution in [1.29, 1.82) is 0 Å². The van der Waals surface area contributed by atoms with E-state index in [2.05, 4.69) is 20.7 Å². The lowest BCUT2D eigenvalue weighted by atomic mass is 10.2. The highest BCUT2D eigenvalue weighted by Crippen LogP contribution is 2.27. The number of para-hydroxylation sites is 1. The molecule has 0 unspecified atom stereocenters. The van der Waals surface area contributed by atoms with Crippen molar-refractivity contribution in [1.82, 2.24) is 15.0 Å². The van der Waals surface area contributed by atoms with Gasteiger partial charge in [0, 0.05) is 14.1 Å². The number of hydrogen-bond acceptors (Lipinski definition) is 8. The van der Waals surface area contributed by atoms with Gasteiger partial charge >= 0.3 is 5.97 Å². The fourth-order valence-electron chi connectivity index (χ4n) is 1.90. The lowest BCUT2D eigenvalue weighted by molar-refractivity contribution is 0.0527. The normalized spacial score (nSPS) is 10.4. The van der Waals surface area contributed by atoms with Crippen LogP contribution in [0, 0.1) is 0 Å². The van der Waals surface area contributed by atoms with Crippen LogP contribution in [0.25, 0.3) is 0 Å². The fraction of sp³-hybridized carbons (Fsp3) is 0.267. The van der Waals surface area contributed by atoms with E-state index in [1.54, 1.807) is 36.2 Å². The molecular weight excluding hydrogens is 296 g/mol. The molecule has 1 heterocycles. The molecule has 1 aromatic heterocycles. The first-order valence-corrected chi connectivity index (χ1v) is 7.10. The molecule has 0 atom stereocenters. The first-order chi connectivity index (χ1) is 11.0. The minimum atomic E-state index is -0.408. The number of nitrogens with one attached hydrogen (secondary N) is 2. The van der Waals surface area contributed by atoms with Gasteiger partial charge in [-0.2, -0.15) is 0 Å². The zero-order valence-electron chi connectivity index (χ0n) is 13.3. The standard InChI is InChI=1S/C15H20N6O2/c1-4-23-15(22)10-7-5-6-8-11(10)19-13-12(16)14(18-9-17-13)20-21(2)3/h5-9H,4,16H2,1-3H3,(H2,17,18,19,20). The molecule has 0 aliphatic carbocycles. The molecule has 0 radical (unpaired) electrons. The van der Waals surface area contributed by atoms with Crippen molar-refractivity contribution in [3.63, 3.8) is 0 Å². The molecule has 8 heteroatoms. The summed E-state index contributed by atoms with van der Waals surface area (Å²) < 4.78 is 5.05. The maximum absolute atomic E-state index is 12.0. The van der Waals surface area contributed by atoms with Gasteiger partial charge < -0.3 is 21.2 Å². The summed E-state index contributed by atoms with van der Waals surface area (Å²) in [7, 11) is 3.65. The van der Waals surface area contributed by atoms with Gasteiger partial charge in [0.05, 0.1) is 17.9 Å². The molecule has 1 aromatic carbocycles. The predicted molar refractivity (Wildman–Crippen MR) is 89.4 cm³/mol. The van der Waals surface area contributed by atoms with Gasteiger partial charge in [-0.3, -0.25) is 0 Å². The van der Waals surface area contributed by atoms with Crippen LogP contribution >= 0.6 is 0 Å². The molecule has 122 valence electrons. The third kappa shape index (κ3) is 4.07. The number of carbonyl (C=O) groups excluding carboxylic acids is 1. The second kappa shape index (κ2) is 7.41. The number of benzene rings is 1. The number of esters is 1. The van der Waals surface area contributed by atoms with Crippen LogP contribution in [-0.2, 0) is 4.74 Å². The summed E-state index contributed by atoms with van der Waals surface area (Å²) >= 11 is 0. The number of nitrogens with zero attached hydrogens (tertiary/aromatic N) is 3. The molecule has 0 aliphatic heterocycles. The molecule has 0 bridgehead atoms. The summed E-state index contributed by atoms with van der Waals surface area (Å²) in [6, 6.07) is 7.00. The Hall–Kier alpha value is -2.87. The molecule has 2 aromatic rings. The second-order valence-corrected chi connectivity index (χ2v) is 4.88.